The maximum atomic E-state index is 13.0. The molecule has 0 unspecified atom stereocenters. The number of hydrogen-bond donors (Lipinski definition) is 1. The Kier molecular flexibility index (Phi) is 6.74. The molecule has 0 fully saturated rings. The lowest BCUT2D eigenvalue weighted by Gasteiger charge is -2.13. The molecule has 1 atom stereocenters. The lowest BCUT2D eigenvalue weighted by molar-refractivity contribution is -0.148. The maximum absolute atomic E-state index is 13.0. The number of ether oxygens (including phenoxy) is 2. The van der Waals surface area contributed by atoms with Crippen LogP contribution in [0.4, 0.5) is 10.1 Å². The lowest BCUT2D eigenvalue weighted by atomic mass is 10.2. The normalized spacial score (nSPS) is 11.8. The number of esters is 1. The van der Waals surface area contributed by atoms with Crippen molar-refractivity contribution >= 4 is 35.2 Å². The summed E-state index contributed by atoms with van der Waals surface area (Å²) in [6.45, 7) is 1.42. The van der Waals surface area contributed by atoms with Crippen molar-refractivity contribution in [2.24, 2.45) is 0 Å². The summed E-state index contributed by atoms with van der Waals surface area (Å²) in [7, 11) is 1.56. The van der Waals surface area contributed by atoms with Crippen LogP contribution in [0.15, 0.2) is 48.5 Å². The summed E-state index contributed by atoms with van der Waals surface area (Å²) in [5, 5.41) is 2.53. The van der Waals surface area contributed by atoms with Crippen molar-refractivity contribution < 1.29 is 23.5 Å². The highest BCUT2D eigenvalue weighted by atomic mass is 35.5. The Morgan fingerprint density at radius 2 is 1.88 bits per heavy atom. The van der Waals surface area contributed by atoms with Crippen LogP contribution < -0.4 is 10.1 Å². The van der Waals surface area contributed by atoms with Gasteiger partial charge in [0.2, 0.25) is 0 Å². The van der Waals surface area contributed by atoms with Crippen LogP contribution in [0.1, 0.15) is 12.5 Å². The molecular weight excluding hydrogens is 361 g/mol. The molecule has 7 heteroatoms. The van der Waals surface area contributed by atoms with Gasteiger partial charge in [0.05, 0.1) is 17.8 Å². The van der Waals surface area contributed by atoms with Gasteiger partial charge in [-0.25, -0.2) is 9.18 Å². The topological polar surface area (TPSA) is 64.6 Å². The molecule has 0 bridgehead atoms. The smallest absolute Gasteiger partial charge is 0.331 e. The average molecular weight is 378 g/mol. The van der Waals surface area contributed by atoms with Gasteiger partial charge in [-0.15, -0.1) is 0 Å². The first-order valence-electron chi connectivity index (χ1n) is 7.67. The Morgan fingerprint density at radius 3 is 2.50 bits per heavy atom. The highest BCUT2D eigenvalue weighted by Gasteiger charge is 2.17. The van der Waals surface area contributed by atoms with E-state index in [4.69, 9.17) is 21.1 Å². The van der Waals surface area contributed by atoms with Crippen LogP contribution >= 0.6 is 11.6 Å². The minimum atomic E-state index is -1.05. The van der Waals surface area contributed by atoms with Crippen molar-refractivity contribution in [3.63, 3.8) is 0 Å². The summed E-state index contributed by atoms with van der Waals surface area (Å²) < 4.78 is 23.1. The zero-order chi connectivity index (χ0) is 19.1. The standard InChI is InChI=1S/C19H17ClFNO4/c1-12(19(24)22-17-9-6-14(21)11-16(17)20)26-18(23)10-5-13-3-7-15(25-2)8-4-13/h3-12H,1-2H3,(H,22,24)/b10-5+/t12-/m1/s1. The number of anilines is 1. The molecular formula is C19H17ClFNO4. The molecule has 5 nitrogen and oxygen atoms in total. The molecule has 1 amide bonds. The van der Waals surface area contributed by atoms with Gasteiger partial charge in [-0.1, -0.05) is 23.7 Å². The monoisotopic (exact) mass is 377 g/mol. The molecule has 136 valence electrons. The van der Waals surface area contributed by atoms with Gasteiger partial charge in [-0.05, 0) is 48.9 Å². The van der Waals surface area contributed by atoms with E-state index in [0.29, 0.717) is 5.75 Å². The summed E-state index contributed by atoms with van der Waals surface area (Å²) in [6.07, 6.45) is 1.73. The zero-order valence-electron chi connectivity index (χ0n) is 14.2. The van der Waals surface area contributed by atoms with E-state index in [2.05, 4.69) is 5.32 Å². The molecule has 0 saturated carbocycles. The Hall–Kier alpha value is -2.86. The molecule has 0 aromatic heterocycles. The first kappa shape index (κ1) is 19.5. The summed E-state index contributed by atoms with van der Waals surface area (Å²) in [4.78, 5) is 23.9. The minimum absolute atomic E-state index is 0.0521. The first-order valence-corrected chi connectivity index (χ1v) is 8.05. The summed E-state index contributed by atoms with van der Waals surface area (Å²) >= 11 is 5.84. The number of halogens is 2. The van der Waals surface area contributed by atoms with Crippen LogP contribution in [0.2, 0.25) is 5.02 Å². The van der Waals surface area contributed by atoms with Crippen molar-refractivity contribution in [1.29, 1.82) is 0 Å². The third-order valence-corrected chi connectivity index (χ3v) is 3.69. The number of amides is 1. The summed E-state index contributed by atoms with van der Waals surface area (Å²) in [6, 6.07) is 10.6. The van der Waals surface area contributed by atoms with Crippen molar-refractivity contribution in [3.05, 3.63) is 64.9 Å². The molecule has 0 saturated heterocycles. The van der Waals surface area contributed by atoms with Crippen molar-refractivity contribution in [2.75, 3.05) is 12.4 Å². The van der Waals surface area contributed by atoms with Gasteiger partial charge in [0.15, 0.2) is 6.10 Å². The van der Waals surface area contributed by atoms with Gasteiger partial charge in [-0.2, -0.15) is 0 Å². The number of carbonyl (C=O) groups excluding carboxylic acids is 2. The van der Waals surface area contributed by atoms with Crippen molar-refractivity contribution in [1.82, 2.24) is 0 Å². The van der Waals surface area contributed by atoms with Gasteiger partial charge >= 0.3 is 5.97 Å². The Balaban J connectivity index is 1.90. The highest BCUT2D eigenvalue weighted by molar-refractivity contribution is 6.33. The number of hydrogen-bond acceptors (Lipinski definition) is 4. The van der Waals surface area contributed by atoms with Gasteiger partial charge in [0.1, 0.15) is 11.6 Å². The molecule has 1 N–H and O–H groups in total. The van der Waals surface area contributed by atoms with E-state index in [0.717, 1.165) is 17.7 Å². The Labute approximate surface area is 155 Å². The third kappa shape index (κ3) is 5.60. The van der Waals surface area contributed by atoms with Crippen LogP contribution in [0.5, 0.6) is 5.75 Å². The predicted octanol–water partition coefficient (Wildman–Crippen LogP) is 4.07. The molecule has 2 rings (SSSR count). The first-order chi connectivity index (χ1) is 12.4. The van der Waals surface area contributed by atoms with Crippen molar-refractivity contribution in [2.45, 2.75) is 13.0 Å². The van der Waals surface area contributed by atoms with E-state index in [1.165, 1.54) is 19.1 Å². The van der Waals surface area contributed by atoms with E-state index in [1.54, 1.807) is 37.5 Å². The fraction of sp³-hybridized carbons (Fsp3) is 0.158. The van der Waals surface area contributed by atoms with Crippen LogP contribution in [0.3, 0.4) is 0 Å². The van der Waals surface area contributed by atoms with Gasteiger partial charge in [0, 0.05) is 6.08 Å². The van der Waals surface area contributed by atoms with Gasteiger partial charge < -0.3 is 14.8 Å². The van der Waals surface area contributed by atoms with Gasteiger partial charge in [0.25, 0.3) is 5.91 Å². The largest absolute Gasteiger partial charge is 0.497 e. The molecule has 0 radical (unpaired) electrons. The fourth-order valence-corrected chi connectivity index (χ4v) is 2.19. The summed E-state index contributed by atoms with van der Waals surface area (Å²) in [5.74, 6) is -1.07. The second-order valence-corrected chi connectivity index (χ2v) is 5.71. The van der Waals surface area contributed by atoms with E-state index >= 15 is 0 Å². The Morgan fingerprint density at radius 1 is 1.19 bits per heavy atom. The molecule has 0 aliphatic heterocycles. The predicted molar refractivity (Wildman–Crippen MR) is 97.6 cm³/mol. The number of nitrogens with one attached hydrogen (secondary N) is 1. The van der Waals surface area contributed by atoms with Crippen LogP contribution in [-0.4, -0.2) is 25.1 Å². The highest BCUT2D eigenvalue weighted by Crippen LogP contribution is 2.22. The second kappa shape index (κ2) is 9.01. The molecule has 26 heavy (non-hydrogen) atoms. The molecule has 0 heterocycles. The third-order valence-electron chi connectivity index (χ3n) is 3.38. The number of methoxy groups -OCH3 is 1. The zero-order valence-corrected chi connectivity index (χ0v) is 14.9. The molecule has 2 aromatic carbocycles. The Bertz CT molecular complexity index is 821. The maximum Gasteiger partial charge on any atom is 0.331 e. The van der Waals surface area contributed by atoms with Crippen molar-refractivity contribution in [3.8, 4) is 5.75 Å². The number of rotatable bonds is 6. The van der Waals surface area contributed by atoms with Crippen LogP contribution in [0, 0.1) is 5.82 Å². The minimum Gasteiger partial charge on any atom is -0.497 e. The van der Waals surface area contributed by atoms with Crippen LogP contribution in [0.25, 0.3) is 6.08 Å². The average Bonchev–Trinajstić information content (AvgIpc) is 2.62. The quantitative estimate of drug-likeness (QED) is 0.608. The van der Waals surface area contributed by atoms with E-state index in [9.17, 15) is 14.0 Å². The summed E-state index contributed by atoms with van der Waals surface area (Å²) in [5.41, 5.74) is 1.01. The van der Waals surface area contributed by atoms with Gasteiger partial charge in [-0.3, -0.25) is 4.79 Å². The number of carbonyl (C=O) groups is 2. The molecule has 0 aliphatic rings. The van der Waals surface area contributed by atoms with Crippen LogP contribution in [-0.2, 0) is 14.3 Å². The fourth-order valence-electron chi connectivity index (χ4n) is 1.97. The second-order valence-electron chi connectivity index (χ2n) is 5.30. The number of benzene rings is 2. The van der Waals surface area contributed by atoms with E-state index in [-0.39, 0.29) is 10.7 Å². The SMILES string of the molecule is COc1ccc(/C=C/C(=O)O[C@H](C)C(=O)Nc2ccc(F)cc2Cl)cc1. The molecule has 2 aromatic rings. The lowest BCUT2D eigenvalue weighted by Crippen LogP contribution is -2.29. The van der Waals surface area contributed by atoms with E-state index < -0.39 is 23.8 Å². The molecule has 0 spiro atoms. The molecule has 0 aliphatic carbocycles. The van der Waals surface area contributed by atoms with E-state index in [1.807, 2.05) is 0 Å².